The van der Waals surface area contributed by atoms with Gasteiger partial charge in [-0.2, -0.15) is 19.6 Å². The Morgan fingerprint density at radius 3 is 2.74 bits per heavy atom. The van der Waals surface area contributed by atoms with E-state index in [2.05, 4.69) is 36.2 Å². The molecule has 206 valence electrons. The summed E-state index contributed by atoms with van der Waals surface area (Å²) in [6.45, 7) is 10.4. The minimum atomic E-state index is -0.372. The van der Waals surface area contributed by atoms with Crippen LogP contribution in [0.1, 0.15) is 62.1 Å². The number of fused-ring (bicyclic) bond motifs is 1. The number of benzene rings is 1. The van der Waals surface area contributed by atoms with E-state index in [0.717, 1.165) is 54.8 Å². The Morgan fingerprint density at radius 1 is 1.18 bits per heavy atom. The van der Waals surface area contributed by atoms with Crippen LogP contribution in [0.15, 0.2) is 43.1 Å². The van der Waals surface area contributed by atoms with Crippen LogP contribution in [0.4, 0.5) is 11.9 Å². The number of Topliss-reactive ketones (excluding diaryl/α,β-unsaturated/α-hetero) is 1. The molecule has 2 fully saturated rings. The third-order valence-electron chi connectivity index (χ3n) is 7.47. The number of carbonyl (C=O) groups excluding carboxylic acids is 2. The summed E-state index contributed by atoms with van der Waals surface area (Å²) in [5, 5.41) is 11.5. The van der Waals surface area contributed by atoms with E-state index in [1.54, 1.807) is 9.42 Å². The molecule has 0 radical (unpaired) electrons. The number of ether oxygens (including phenoxy) is 1. The van der Waals surface area contributed by atoms with Crippen molar-refractivity contribution in [3.8, 4) is 0 Å². The van der Waals surface area contributed by atoms with Gasteiger partial charge in [0.1, 0.15) is 0 Å². The summed E-state index contributed by atoms with van der Waals surface area (Å²) in [6, 6.07) is 7.86. The largest absolute Gasteiger partial charge is 0.381 e. The molecule has 5 rings (SSSR count). The molecule has 2 aromatic heterocycles. The van der Waals surface area contributed by atoms with Crippen LogP contribution in [-0.4, -0.2) is 68.0 Å². The van der Waals surface area contributed by atoms with Gasteiger partial charge in [-0.25, -0.2) is 0 Å². The average Bonchev–Trinajstić information content (AvgIpc) is 3.60. The van der Waals surface area contributed by atoms with Crippen LogP contribution in [0.3, 0.4) is 0 Å². The lowest BCUT2D eigenvalue weighted by atomic mass is 10.0. The third kappa shape index (κ3) is 6.11. The smallest absolute Gasteiger partial charge is 0.246 e. The predicted octanol–water partition coefficient (Wildman–Crippen LogP) is 3.74. The standard InChI is InChI=1S/C29H37N7O3/c1-4-26(38)35-12-6-9-24(35)25(37)16-20-7-5-8-21(15-20)17-30-29-34-28(32-22-10-13-39-14-11-22)33-27-23(19(2)3)18-31-36(27)29/h4-5,7-8,15,18-19,22,24H,1,6,9-14,16-17H2,2-3H3,(H2,30,32,33,34). The van der Waals surface area contributed by atoms with E-state index in [4.69, 9.17) is 14.7 Å². The van der Waals surface area contributed by atoms with Crippen molar-refractivity contribution in [1.82, 2.24) is 24.5 Å². The van der Waals surface area contributed by atoms with E-state index in [1.165, 1.54) is 6.08 Å². The highest BCUT2D eigenvalue weighted by Crippen LogP contribution is 2.24. The van der Waals surface area contributed by atoms with Gasteiger partial charge in [-0.1, -0.05) is 44.7 Å². The summed E-state index contributed by atoms with van der Waals surface area (Å²) < 4.78 is 7.24. The fourth-order valence-electron chi connectivity index (χ4n) is 5.34. The van der Waals surface area contributed by atoms with Gasteiger partial charge in [0.15, 0.2) is 11.4 Å². The molecule has 1 atom stereocenters. The van der Waals surface area contributed by atoms with Gasteiger partial charge >= 0.3 is 0 Å². The third-order valence-corrected chi connectivity index (χ3v) is 7.47. The monoisotopic (exact) mass is 531 g/mol. The van der Waals surface area contributed by atoms with E-state index < -0.39 is 0 Å². The fraction of sp³-hybridized carbons (Fsp3) is 0.483. The zero-order valence-electron chi connectivity index (χ0n) is 22.7. The average molecular weight is 532 g/mol. The number of ketones is 1. The molecule has 1 unspecified atom stereocenters. The minimum absolute atomic E-state index is 0.0619. The number of hydrogen-bond donors (Lipinski definition) is 2. The number of nitrogens with zero attached hydrogens (tertiary/aromatic N) is 5. The second-order valence-electron chi connectivity index (χ2n) is 10.6. The first kappa shape index (κ1) is 26.8. The number of rotatable bonds is 10. The van der Waals surface area contributed by atoms with Crippen LogP contribution in [0, 0.1) is 0 Å². The molecule has 4 heterocycles. The molecule has 1 aromatic carbocycles. The Labute approximate surface area is 228 Å². The van der Waals surface area contributed by atoms with Crippen LogP contribution in [0.25, 0.3) is 5.65 Å². The molecule has 10 heteroatoms. The van der Waals surface area contributed by atoms with Crippen molar-refractivity contribution in [2.75, 3.05) is 30.4 Å². The van der Waals surface area contributed by atoms with E-state index in [1.807, 2.05) is 30.5 Å². The maximum atomic E-state index is 13.1. The number of carbonyl (C=O) groups is 2. The normalized spacial score (nSPS) is 18.0. The van der Waals surface area contributed by atoms with Crippen molar-refractivity contribution in [3.05, 3.63) is 59.8 Å². The SMILES string of the molecule is C=CC(=O)N1CCCC1C(=O)Cc1cccc(CNc2nc(NC3CCOCC3)nc3c(C(C)C)cnn23)c1. The lowest BCUT2D eigenvalue weighted by Crippen LogP contribution is -2.40. The summed E-state index contributed by atoms with van der Waals surface area (Å²) in [6.07, 6.45) is 6.80. The van der Waals surface area contributed by atoms with Crippen LogP contribution in [0.2, 0.25) is 0 Å². The Hall–Kier alpha value is -3.79. The molecule has 39 heavy (non-hydrogen) atoms. The number of hydrogen-bond acceptors (Lipinski definition) is 8. The maximum absolute atomic E-state index is 13.1. The number of nitrogens with one attached hydrogen (secondary N) is 2. The summed E-state index contributed by atoms with van der Waals surface area (Å²) in [4.78, 5) is 36.4. The molecular formula is C29H37N7O3. The highest BCUT2D eigenvalue weighted by atomic mass is 16.5. The lowest BCUT2D eigenvalue weighted by molar-refractivity contribution is -0.133. The van der Waals surface area contributed by atoms with Crippen molar-refractivity contribution in [1.29, 1.82) is 0 Å². The van der Waals surface area contributed by atoms with Crippen LogP contribution < -0.4 is 10.6 Å². The molecule has 2 aliphatic rings. The quantitative estimate of drug-likeness (QED) is 0.381. The molecule has 10 nitrogen and oxygen atoms in total. The van der Waals surface area contributed by atoms with Gasteiger partial charge in [0.2, 0.25) is 17.8 Å². The van der Waals surface area contributed by atoms with Gasteiger partial charge in [-0.15, -0.1) is 0 Å². The minimum Gasteiger partial charge on any atom is -0.381 e. The van der Waals surface area contributed by atoms with Crippen LogP contribution >= 0.6 is 0 Å². The molecule has 0 spiro atoms. The Morgan fingerprint density at radius 2 is 1.97 bits per heavy atom. The van der Waals surface area contributed by atoms with Gasteiger partial charge < -0.3 is 20.3 Å². The van der Waals surface area contributed by atoms with Crippen molar-refractivity contribution in [3.63, 3.8) is 0 Å². The second kappa shape index (κ2) is 11.9. The lowest BCUT2D eigenvalue weighted by Gasteiger charge is -2.23. The Kier molecular flexibility index (Phi) is 8.21. The van der Waals surface area contributed by atoms with Gasteiger partial charge in [0.05, 0.1) is 12.2 Å². The molecule has 3 aromatic rings. The van der Waals surface area contributed by atoms with Gasteiger partial charge in [-0.3, -0.25) is 9.59 Å². The number of amides is 1. The van der Waals surface area contributed by atoms with E-state index in [-0.39, 0.29) is 36.1 Å². The Bertz CT molecular complexity index is 1350. The van der Waals surface area contributed by atoms with Crippen molar-refractivity contribution < 1.29 is 14.3 Å². The summed E-state index contributed by atoms with van der Waals surface area (Å²) in [5.74, 6) is 1.34. The fourth-order valence-corrected chi connectivity index (χ4v) is 5.34. The number of anilines is 2. The van der Waals surface area contributed by atoms with Gasteiger partial charge in [0, 0.05) is 44.3 Å². The second-order valence-corrected chi connectivity index (χ2v) is 10.6. The summed E-state index contributed by atoms with van der Waals surface area (Å²) in [7, 11) is 0. The molecule has 2 saturated heterocycles. The molecule has 0 aliphatic carbocycles. The number of aromatic nitrogens is 4. The first-order valence-corrected chi connectivity index (χ1v) is 13.8. The molecule has 2 N–H and O–H groups in total. The summed E-state index contributed by atoms with van der Waals surface area (Å²) in [5.41, 5.74) is 3.79. The highest BCUT2D eigenvalue weighted by Gasteiger charge is 2.32. The zero-order valence-corrected chi connectivity index (χ0v) is 22.7. The zero-order chi connectivity index (χ0) is 27.4. The van der Waals surface area contributed by atoms with E-state index >= 15 is 0 Å². The maximum Gasteiger partial charge on any atom is 0.246 e. The van der Waals surface area contributed by atoms with Crippen molar-refractivity contribution in [2.45, 2.75) is 70.5 Å². The topological polar surface area (TPSA) is 114 Å². The van der Waals surface area contributed by atoms with E-state index in [0.29, 0.717) is 31.4 Å². The molecular weight excluding hydrogens is 494 g/mol. The Balaban J connectivity index is 1.31. The molecule has 1 amide bonds. The highest BCUT2D eigenvalue weighted by molar-refractivity contribution is 5.94. The van der Waals surface area contributed by atoms with Crippen LogP contribution in [-0.2, 0) is 27.3 Å². The predicted molar refractivity (Wildman–Crippen MR) is 150 cm³/mol. The first-order chi connectivity index (χ1) is 18.9. The summed E-state index contributed by atoms with van der Waals surface area (Å²) >= 11 is 0. The van der Waals surface area contributed by atoms with Gasteiger partial charge in [0.25, 0.3) is 0 Å². The molecule has 0 saturated carbocycles. The number of likely N-dealkylation sites (tertiary alicyclic amines) is 1. The molecule has 2 aliphatic heterocycles. The van der Waals surface area contributed by atoms with Crippen LogP contribution in [0.5, 0.6) is 0 Å². The first-order valence-electron chi connectivity index (χ1n) is 13.8. The van der Waals surface area contributed by atoms with Crippen molar-refractivity contribution in [2.24, 2.45) is 0 Å². The van der Waals surface area contributed by atoms with Gasteiger partial charge in [-0.05, 0) is 48.8 Å². The van der Waals surface area contributed by atoms with Crippen molar-refractivity contribution >= 4 is 29.2 Å². The van der Waals surface area contributed by atoms with E-state index in [9.17, 15) is 9.59 Å². The molecule has 0 bridgehead atoms.